The molecule has 0 radical (unpaired) electrons. The first-order valence-electron chi connectivity index (χ1n) is 7.62. The highest BCUT2D eigenvalue weighted by Crippen LogP contribution is 2.43. The second kappa shape index (κ2) is 6.15. The van der Waals surface area contributed by atoms with Crippen LogP contribution in [0, 0.1) is 16.7 Å². The van der Waals surface area contributed by atoms with Gasteiger partial charge in [0.15, 0.2) is 0 Å². The van der Waals surface area contributed by atoms with E-state index in [2.05, 4.69) is 19.2 Å². The minimum Gasteiger partial charge on any atom is -0.480 e. The Morgan fingerprint density at radius 1 is 1.20 bits per heavy atom. The lowest BCUT2D eigenvalue weighted by Crippen LogP contribution is -2.53. The minimum atomic E-state index is -0.955. The summed E-state index contributed by atoms with van der Waals surface area (Å²) in [7, 11) is 0. The third-order valence-corrected chi connectivity index (χ3v) is 4.23. The van der Waals surface area contributed by atoms with Crippen LogP contribution in [0.15, 0.2) is 0 Å². The Bertz CT molecular complexity index is 362. The summed E-state index contributed by atoms with van der Waals surface area (Å²) < 4.78 is 0. The van der Waals surface area contributed by atoms with Gasteiger partial charge in [-0.05, 0) is 30.6 Å². The number of carboxylic acid groups (broad SMARTS) is 1. The van der Waals surface area contributed by atoms with Gasteiger partial charge in [-0.3, -0.25) is 4.79 Å². The Hall–Kier alpha value is -1.06. The molecular weight excluding hydrogens is 254 g/mol. The Morgan fingerprint density at radius 3 is 2.05 bits per heavy atom. The molecule has 0 unspecified atom stereocenters. The molecule has 1 aliphatic carbocycles. The van der Waals surface area contributed by atoms with Gasteiger partial charge in [-0.2, -0.15) is 0 Å². The summed E-state index contributed by atoms with van der Waals surface area (Å²) in [5.41, 5.74) is -0.841. The number of amides is 1. The van der Waals surface area contributed by atoms with Gasteiger partial charge >= 0.3 is 5.97 Å². The van der Waals surface area contributed by atoms with Crippen LogP contribution in [0.4, 0.5) is 0 Å². The number of carbonyl (C=O) groups is 2. The lowest BCUT2D eigenvalue weighted by molar-refractivity contribution is -0.147. The van der Waals surface area contributed by atoms with Crippen LogP contribution < -0.4 is 5.32 Å². The van der Waals surface area contributed by atoms with Gasteiger partial charge in [-0.25, -0.2) is 4.79 Å². The zero-order valence-corrected chi connectivity index (χ0v) is 13.5. The van der Waals surface area contributed by atoms with E-state index >= 15 is 0 Å². The number of hydrogen-bond acceptors (Lipinski definition) is 2. The van der Waals surface area contributed by atoms with Gasteiger partial charge in [0.05, 0.1) is 0 Å². The maximum Gasteiger partial charge on any atom is 0.326 e. The van der Waals surface area contributed by atoms with Crippen molar-refractivity contribution in [2.24, 2.45) is 16.7 Å². The van der Waals surface area contributed by atoms with Crippen LogP contribution in [0.3, 0.4) is 0 Å². The monoisotopic (exact) mass is 283 g/mol. The number of nitrogens with one attached hydrogen (secondary N) is 1. The zero-order valence-electron chi connectivity index (χ0n) is 13.5. The molecule has 0 aromatic rings. The van der Waals surface area contributed by atoms with Crippen molar-refractivity contribution in [3.8, 4) is 0 Å². The molecule has 0 aliphatic heterocycles. The van der Waals surface area contributed by atoms with E-state index in [9.17, 15) is 14.7 Å². The number of rotatable bonds is 5. The fourth-order valence-electron chi connectivity index (χ4n) is 3.29. The molecule has 0 aromatic carbocycles. The predicted octanol–water partition coefficient (Wildman–Crippen LogP) is 3.21. The lowest BCUT2D eigenvalue weighted by Gasteiger charge is -2.34. The first kappa shape index (κ1) is 17.0. The first-order chi connectivity index (χ1) is 9.08. The number of aliphatic carboxylic acids is 1. The molecule has 1 saturated carbocycles. The third-order valence-electron chi connectivity index (χ3n) is 4.23. The van der Waals surface area contributed by atoms with Crippen molar-refractivity contribution < 1.29 is 14.7 Å². The van der Waals surface area contributed by atoms with Gasteiger partial charge in [0, 0.05) is 5.41 Å². The molecule has 116 valence electrons. The molecule has 4 nitrogen and oxygen atoms in total. The molecule has 0 saturated heterocycles. The molecule has 0 aromatic heterocycles. The van der Waals surface area contributed by atoms with Crippen LogP contribution in [-0.4, -0.2) is 23.0 Å². The van der Waals surface area contributed by atoms with E-state index in [-0.39, 0.29) is 11.3 Å². The molecule has 1 rings (SSSR count). The molecule has 1 fully saturated rings. The summed E-state index contributed by atoms with van der Waals surface area (Å²) in [6.45, 7) is 9.76. The standard InChI is InChI=1S/C16H29NO3/c1-11(2)10-16(8-6-7-9-16)14(20)17-12(13(18)19)15(3,4)5/h11-12H,6-10H2,1-5H3,(H,17,20)(H,18,19)/t12-/m0/s1. The van der Waals surface area contributed by atoms with E-state index in [0.29, 0.717) is 5.92 Å². The SMILES string of the molecule is CC(C)CC1(C(=O)N[C@@H](C(=O)O)C(C)(C)C)CCCC1. The summed E-state index contributed by atoms with van der Waals surface area (Å²) in [6, 6.07) is -0.834. The Balaban J connectivity index is 2.88. The van der Waals surface area contributed by atoms with Crippen LogP contribution >= 0.6 is 0 Å². The molecule has 1 atom stereocenters. The van der Waals surface area contributed by atoms with Crippen LogP contribution in [0.5, 0.6) is 0 Å². The van der Waals surface area contributed by atoms with Crippen molar-refractivity contribution in [1.82, 2.24) is 5.32 Å². The maximum atomic E-state index is 12.7. The van der Waals surface area contributed by atoms with Crippen LogP contribution in [0.2, 0.25) is 0 Å². The van der Waals surface area contributed by atoms with Crippen molar-refractivity contribution >= 4 is 11.9 Å². The number of carboxylic acids is 1. The fourth-order valence-corrected chi connectivity index (χ4v) is 3.29. The van der Waals surface area contributed by atoms with Crippen molar-refractivity contribution in [2.45, 2.75) is 72.8 Å². The second-order valence-corrected chi connectivity index (χ2v) is 7.70. The molecule has 4 heteroatoms. The second-order valence-electron chi connectivity index (χ2n) is 7.70. The van der Waals surface area contributed by atoms with E-state index in [1.54, 1.807) is 0 Å². The van der Waals surface area contributed by atoms with Gasteiger partial charge < -0.3 is 10.4 Å². The topological polar surface area (TPSA) is 66.4 Å². The third kappa shape index (κ3) is 3.97. The highest BCUT2D eigenvalue weighted by Gasteiger charge is 2.44. The van der Waals surface area contributed by atoms with Crippen molar-refractivity contribution in [3.05, 3.63) is 0 Å². The Morgan fingerprint density at radius 2 is 1.70 bits per heavy atom. The Labute approximate surface area is 122 Å². The summed E-state index contributed by atoms with van der Waals surface area (Å²) >= 11 is 0. The first-order valence-corrected chi connectivity index (χ1v) is 7.62. The molecular formula is C16H29NO3. The molecule has 0 bridgehead atoms. The van der Waals surface area contributed by atoms with Gasteiger partial charge in [-0.1, -0.05) is 47.5 Å². The van der Waals surface area contributed by atoms with Gasteiger partial charge in [-0.15, -0.1) is 0 Å². The quantitative estimate of drug-likeness (QED) is 0.814. The summed E-state index contributed by atoms with van der Waals surface area (Å²) in [6.07, 6.45) is 4.73. The highest BCUT2D eigenvalue weighted by atomic mass is 16.4. The molecule has 20 heavy (non-hydrogen) atoms. The summed E-state index contributed by atoms with van der Waals surface area (Å²) in [4.78, 5) is 24.1. The minimum absolute atomic E-state index is 0.0639. The van der Waals surface area contributed by atoms with E-state index in [0.717, 1.165) is 32.1 Å². The summed E-state index contributed by atoms with van der Waals surface area (Å²) in [5.74, 6) is -0.577. The predicted molar refractivity (Wildman–Crippen MR) is 79.4 cm³/mol. The van der Waals surface area contributed by atoms with Crippen LogP contribution in [0.25, 0.3) is 0 Å². The van der Waals surface area contributed by atoms with E-state index < -0.39 is 17.4 Å². The van der Waals surface area contributed by atoms with E-state index in [1.165, 1.54) is 0 Å². The van der Waals surface area contributed by atoms with Crippen LogP contribution in [0.1, 0.15) is 66.7 Å². The highest BCUT2D eigenvalue weighted by molar-refractivity contribution is 5.88. The fraction of sp³-hybridized carbons (Fsp3) is 0.875. The van der Waals surface area contributed by atoms with Gasteiger partial charge in [0.25, 0.3) is 0 Å². The van der Waals surface area contributed by atoms with Crippen molar-refractivity contribution in [1.29, 1.82) is 0 Å². The lowest BCUT2D eigenvalue weighted by atomic mass is 9.76. The number of hydrogen-bond donors (Lipinski definition) is 2. The smallest absolute Gasteiger partial charge is 0.326 e. The van der Waals surface area contributed by atoms with Gasteiger partial charge in [0.2, 0.25) is 5.91 Å². The van der Waals surface area contributed by atoms with Crippen LogP contribution in [-0.2, 0) is 9.59 Å². The molecule has 1 amide bonds. The molecule has 0 spiro atoms. The Kier molecular flexibility index (Phi) is 5.22. The zero-order chi connectivity index (χ0) is 15.6. The maximum absolute atomic E-state index is 12.7. The van der Waals surface area contributed by atoms with E-state index in [4.69, 9.17) is 0 Å². The van der Waals surface area contributed by atoms with Crippen molar-refractivity contribution in [3.63, 3.8) is 0 Å². The van der Waals surface area contributed by atoms with E-state index in [1.807, 2.05) is 20.8 Å². The number of carbonyl (C=O) groups excluding carboxylic acids is 1. The molecule has 2 N–H and O–H groups in total. The normalized spacial score (nSPS) is 19.9. The van der Waals surface area contributed by atoms with Gasteiger partial charge in [0.1, 0.15) is 6.04 Å². The molecule has 0 heterocycles. The van der Waals surface area contributed by atoms with Crippen molar-refractivity contribution in [2.75, 3.05) is 0 Å². The average Bonchev–Trinajstić information content (AvgIpc) is 2.72. The largest absolute Gasteiger partial charge is 0.480 e. The molecule has 1 aliphatic rings. The summed E-state index contributed by atoms with van der Waals surface area (Å²) in [5, 5.41) is 12.2. The average molecular weight is 283 g/mol.